The van der Waals surface area contributed by atoms with E-state index in [2.05, 4.69) is 12.2 Å². The number of carboxylic acids is 1. The highest BCUT2D eigenvalue weighted by Crippen LogP contribution is 2.34. The van der Waals surface area contributed by atoms with E-state index in [1.165, 1.54) is 23.8 Å². The number of allylic oxidation sites excluding steroid dienone is 4. The average Bonchev–Trinajstić information content (AvgIpc) is 2.60. The van der Waals surface area contributed by atoms with E-state index < -0.39 is 11.4 Å². The van der Waals surface area contributed by atoms with E-state index in [-0.39, 0.29) is 17.9 Å². The summed E-state index contributed by atoms with van der Waals surface area (Å²) in [6.45, 7) is 1.18. The zero-order valence-corrected chi connectivity index (χ0v) is 12.8. The van der Waals surface area contributed by atoms with Crippen molar-refractivity contribution >= 4 is 18.2 Å². The summed E-state index contributed by atoms with van der Waals surface area (Å²) in [5, 5.41) is 8.98. The van der Waals surface area contributed by atoms with Crippen molar-refractivity contribution in [2.75, 3.05) is 13.1 Å². The van der Waals surface area contributed by atoms with Crippen LogP contribution in [0.1, 0.15) is 19.3 Å². The Morgan fingerprint density at radius 2 is 2.22 bits per heavy atom. The first-order valence-corrected chi connectivity index (χ1v) is 7.80. The van der Waals surface area contributed by atoms with E-state index in [0.717, 1.165) is 12.8 Å². The minimum Gasteiger partial charge on any atom is -0.478 e. The molecule has 1 fully saturated rings. The molecule has 2 atom stereocenters. The lowest BCUT2D eigenvalue weighted by atomic mass is 9.78. The van der Waals surface area contributed by atoms with Crippen molar-refractivity contribution in [1.29, 1.82) is 0 Å². The van der Waals surface area contributed by atoms with Gasteiger partial charge in [-0.2, -0.15) is 0 Å². The fourth-order valence-corrected chi connectivity index (χ4v) is 3.39. The Balaban J connectivity index is 1.78. The second kappa shape index (κ2) is 5.99. The van der Waals surface area contributed by atoms with Crippen LogP contribution < -0.4 is 0 Å². The molecular formula is C18H19NO4. The first-order valence-electron chi connectivity index (χ1n) is 7.80. The highest BCUT2D eigenvalue weighted by Gasteiger charge is 2.41. The minimum absolute atomic E-state index is 0.104. The molecule has 2 aliphatic carbocycles. The van der Waals surface area contributed by atoms with Crippen LogP contribution in [-0.4, -0.2) is 41.3 Å². The molecule has 5 nitrogen and oxygen atoms in total. The van der Waals surface area contributed by atoms with E-state index in [1.807, 2.05) is 6.08 Å². The van der Waals surface area contributed by atoms with Crippen LogP contribution in [0.25, 0.3) is 0 Å². The van der Waals surface area contributed by atoms with E-state index in [1.54, 1.807) is 4.90 Å². The molecule has 23 heavy (non-hydrogen) atoms. The maximum Gasteiger partial charge on any atom is 0.335 e. The highest BCUT2D eigenvalue weighted by atomic mass is 16.4. The van der Waals surface area contributed by atoms with Crippen molar-refractivity contribution in [2.24, 2.45) is 11.3 Å². The van der Waals surface area contributed by atoms with Gasteiger partial charge in [-0.15, -0.1) is 0 Å². The number of nitrogens with zero attached hydrogens (tertiary/aromatic N) is 1. The fraction of sp³-hybridized carbons (Fsp3) is 0.389. The minimum atomic E-state index is -1.27. The maximum absolute atomic E-state index is 12.9. The topological polar surface area (TPSA) is 74.7 Å². The Morgan fingerprint density at radius 1 is 1.39 bits per heavy atom. The Morgan fingerprint density at radius 3 is 2.87 bits per heavy atom. The second-order valence-corrected chi connectivity index (χ2v) is 6.28. The van der Waals surface area contributed by atoms with Gasteiger partial charge in [-0.3, -0.25) is 4.79 Å². The van der Waals surface area contributed by atoms with Gasteiger partial charge in [0.05, 0.1) is 5.57 Å². The molecule has 0 bridgehead atoms. The summed E-state index contributed by atoms with van der Waals surface area (Å²) in [6, 6.07) is 0. The summed E-state index contributed by atoms with van der Waals surface area (Å²) in [6.07, 6.45) is 13.1. The number of piperidine rings is 1. The van der Waals surface area contributed by atoms with Crippen LogP contribution in [-0.2, 0) is 14.4 Å². The number of amides is 1. The third-order valence-electron chi connectivity index (χ3n) is 4.87. The van der Waals surface area contributed by atoms with Crippen LogP contribution >= 0.6 is 0 Å². The number of hydrogen-bond donors (Lipinski definition) is 1. The Bertz CT molecular complexity index is 671. The standard InChI is InChI=1S/C18H19NO4/c20-12-18(8-5-14(6-9-18)16(21)22)17(23)19-10-7-13-3-1-2-4-15(13)11-19/h1-2,4-6,8,12-13H,3,7,9-11H2,(H,21,22). The number of rotatable bonds is 3. The van der Waals surface area contributed by atoms with E-state index in [0.29, 0.717) is 25.3 Å². The Labute approximate surface area is 134 Å². The molecule has 0 saturated carbocycles. The summed E-state index contributed by atoms with van der Waals surface area (Å²) in [4.78, 5) is 37.2. The van der Waals surface area contributed by atoms with Crippen LogP contribution in [0, 0.1) is 11.3 Å². The normalized spacial score (nSPS) is 29.4. The van der Waals surface area contributed by atoms with Gasteiger partial charge in [0.1, 0.15) is 11.7 Å². The molecule has 0 aromatic heterocycles. The Kier molecular flexibility index (Phi) is 4.03. The van der Waals surface area contributed by atoms with Gasteiger partial charge in [-0.1, -0.05) is 36.5 Å². The van der Waals surface area contributed by atoms with Crippen molar-refractivity contribution in [3.05, 3.63) is 47.6 Å². The number of carbonyl (C=O) groups excluding carboxylic acids is 2. The molecule has 0 aromatic carbocycles. The molecule has 2 unspecified atom stereocenters. The van der Waals surface area contributed by atoms with Crippen LogP contribution in [0.15, 0.2) is 47.6 Å². The number of carbonyl (C=O) groups is 3. The molecule has 1 N–H and O–H groups in total. The molecular weight excluding hydrogens is 294 g/mol. The molecule has 0 aromatic rings. The third-order valence-corrected chi connectivity index (χ3v) is 4.87. The van der Waals surface area contributed by atoms with Gasteiger partial charge >= 0.3 is 5.97 Å². The number of fused-ring (bicyclic) bond motifs is 1. The molecule has 1 amide bonds. The zero-order valence-electron chi connectivity index (χ0n) is 12.8. The maximum atomic E-state index is 12.9. The summed E-state index contributed by atoms with van der Waals surface area (Å²) in [5.74, 6) is -0.789. The monoisotopic (exact) mass is 313 g/mol. The van der Waals surface area contributed by atoms with Gasteiger partial charge in [-0.05, 0) is 30.8 Å². The molecule has 3 aliphatic rings. The van der Waals surface area contributed by atoms with Crippen molar-refractivity contribution in [3.8, 4) is 0 Å². The van der Waals surface area contributed by atoms with Crippen molar-refractivity contribution < 1.29 is 19.5 Å². The fourth-order valence-electron chi connectivity index (χ4n) is 3.39. The summed E-state index contributed by atoms with van der Waals surface area (Å²) < 4.78 is 0. The quantitative estimate of drug-likeness (QED) is 0.637. The largest absolute Gasteiger partial charge is 0.478 e. The second-order valence-electron chi connectivity index (χ2n) is 6.28. The molecule has 1 heterocycles. The first kappa shape index (κ1) is 15.5. The SMILES string of the molecule is O=CC1(C(=O)N2CCC3CC=CC=C3C2)C=CC(C(=O)O)=CC1. The van der Waals surface area contributed by atoms with Gasteiger partial charge in [0.15, 0.2) is 0 Å². The van der Waals surface area contributed by atoms with Crippen LogP contribution in [0.3, 0.4) is 0 Å². The lowest BCUT2D eigenvalue weighted by Gasteiger charge is -2.39. The van der Waals surface area contributed by atoms with Crippen molar-refractivity contribution in [2.45, 2.75) is 19.3 Å². The lowest BCUT2D eigenvalue weighted by Crippen LogP contribution is -2.48. The number of carboxylic acid groups (broad SMARTS) is 1. The zero-order chi connectivity index (χ0) is 16.4. The summed E-state index contributed by atoms with van der Waals surface area (Å²) in [7, 11) is 0. The third kappa shape index (κ3) is 2.79. The Hall–Kier alpha value is -2.43. The average molecular weight is 313 g/mol. The van der Waals surface area contributed by atoms with Gasteiger partial charge in [0, 0.05) is 13.1 Å². The number of aliphatic carboxylic acids is 1. The van der Waals surface area contributed by atoms with Crippen molar-refractivity contribution in [3.63, 3.8) is 0 Å². The predicted octanol–water partition coefficient (Wildman–Crippen LogP) is 1.88. The van der Waals surface area contributed by atoms with Crippen molar-refractivity contribution in [1.82, 2.24) is 4.90 Å². The van der Waals surface area contributed by atoms with Crippen LogP contribution in [0.5, 0.6) is 0 Å². The molecule has 5 heteroatoms. The van der Waals surface area contributed by atoms with E-state index in [9.17, 15) is 14.4 Å². The summed E-state index contributed by atoms with van der Waals surface area (Å²) in [5.41, 5.74) is 0.0837. The molecule has 120 valence electrons. The molecule has 0 spiro atoms. The molecule has 1 aliphatic heterocycles. The smallest absolute Gasteiger partial charge is 0.335 e. The predicted molar refractivity (Wildman–Crippen MR) is 84.5 cm³/mol. The van der Waals surface area contributed by atoms with Gasteiger partial charge in [-0.25, -0.2) is 4.79 Å². The number of hydrogen-bond acceptors (Lipinski definition) is 3. The van der Waals surface area contributed by atoms with E-state index >= 15 is 0 Å². The van der Waals surface area contributed by atoms with Gasteiger partial charge in [0.2, 0.25) is 5.91 Å². The number of likely N-dealkylation sites (tertiary alicyclic amines) is 1. The number of aldehydes is 1. The molecule has 0 radical (unpaired) electrons. The highest BCUT2D eigenvalue weighted by molar-refractivity contribution is 6.01. The molecule has 1 saturated heterocycles. The van der Waals surface area contributed by atoms with Gasteiger partial charge in [0.25, 0.3) is 0 Å². The molecule has 3 rings (SSSR count). The van der Waals surface area contributed by atoms with Crippen LogP contribution in [0.4, 0.5) is 0 Å². The first-order chi connectivity index (χ1) is 11.1. The van der Waals surface area contributed by atoms with Crippen LogP contribution in [0.2, 0.25) is 0 Å². The van der Waals surface area contributed by atoms with E-state index in [4.69, 9.17) is 5.11 Å². The lowest BCUT2D eigenvalue weighted by molar-refractivity contribution is -0.143. The summed E-state index contributed by atoms with van der Waals surface area (Å²) >= 11 is 0. The van der Waals surface area contributed by atoms with Gasteiger partial charge < -0.3 is 14.8 Å².